The summed E-state index contributed by atoms with van der Waals surface area (Å²) < 4.78 is 63.9. The molecule has 0 N–H and O–H groups in total. The van der Waals surface area contributed by atoms with Gasteiger partial charge in [0.05, 0.1) is 4.90 Å². The van der Waals surface area contributed by atoms with Crippen molar-refractivity contribution in [3.05, 3.63) is 48.2 Å². The molecule has 1 aromatic carbocycles. The first-order valence-corrected chi connectivity index (χ1v) is 9.64. The van der Waals surface area contributed by atoms with Crippen LogP contribution in [-0.4, -0.2) is 29.9 Å². The van der Waals surface area contributed by atoms with Crippen molar-refractivity contribution in [2.75, 3.05) is 6.26 Å². The summed E-state index contributed by atoms with van der Waals surface area (Å²) in [5.41, 5.74) is 0.883. The molecule has 2 aromatic rings. The lowest BCUT2D eigenvalue weighted by Crippen LogP contribution is -2.06. The van der Waals surface area contributed by atoms with Crippen molar-refractivity contribution in [1.82, 2.24) is 9.55 Å². The predicted molar refractivity (Wildman–Crippen MR) is 92.0 cm³/mol. The van der Waals surface area contributed by atoms with Crippen LogP contribution in [0.15, 0.2) is 46.6 Å². The molecular weight excluding hydrogens is 367 g/mol. The summed E-state index contributed by atoms with van der Waals surface area (Å²) in [5, 5.41) is 0. The van der Waals surface area contributed by atoms with E-state index in [1.165, 1.54) is 35.0 Å². The van der Waals surface area contributed by atoms with E-state index >= 15 is 0 Å². The lowest BCUT2D eigenvalue weighted by molar-refractivity contribution is -0.140. The molecule has 0 saturated carbocycles. The number of hydrogen-bond acceptors (Lipinski definition) is 4. The minimum atomic E-state index is -4.58. The minimum Gasteiger partial charge on any atom is -0.299 e. The van der Waals surface area contributed by atoms with Crippen LogP contribution < -0.4 is 0 Å². The molecule has 26 heavy (non-hydrogen) atoms. The SMILES string of the molecule is CC1=NC=C(c2nc(C(F)(F)F)cn2-c2ccc(S(C)(=O)=O)cc2)CC1. The highest BCUT2D eigenvalue weighted by molar-refractivity contribution is 7.90. The molecule has 0 amide bonds. The maximum Gasteiger partial charge on any atom is 0.434 e. The van der Waals surface area contributed by atoms with Crippen LogP contribution >= 0.6 is 0 Å². The van der Waals surface area contributed by atoms with Gasteiger partial charge in [0, 0.05) is 35.6 Å². The number of benzene rings is 1. The van der Waals surface area contributed by atoms with Gasteiger partial charge in [-0.3, -0.25) is 9.56 Å². The molecule has 1 aliphatic heterocycles. The van der Waals surface area contributed by atoms with Gasteiger partial charge in [0.2, 0.25) is 0 Å². The number of imidazole rings is 1. The molecule has 2 heterocycles. The molecular formula is C17H16F3N3O2S. The van der Waals surface area contributed by atoms with Gasteiger partial charge < -0.3 is 0 Å². The molecule has 0 saturated heterocycles. The highest BCUT2D eigenvalue weighted by atomic mass is 32.2. The van der Waals surface area contributed by atoms with E-state index in [9.17, 15) is 21.6 Å². The molecule has 1 aliphatic rings. The average Bonchev–Trinajstić information content (AvgIpc) is 3.00. The Morgan fingerprint density at radius 3 is 2.27 bits per heavy atom. The Kier molecular flexibility index (Phi) is 4.51. The Morgan fingerprint density at radius 2 is 1.77 bits per heavy atom. The summed E-state index contributed by atoms with van der Waals surface area (Å²) in [5.74, 6) is 0.153. The molecule has 0 spiro atoms. The van der Waals surface area contributed by atoms with Crippen LogP contribution in [0, 0.1) is 0 Å². The van der Waals surface area contributed by atoms with Crippen molar-refractivity contribution in [2.24, 2.45) is 4.99 Å². The van der Waals surface area contributed by atoms with Gasteiger partial charge in [-0.1, -0.05) is 0 Å². The van der Waals surface area contributed by atoms with Crippen LogP contribution in [-0.2, 0) is 16.0 Å². The van der Waals surface area contributed by atoms with Gasteiger partial charge in [-0.15, -0.1) is 0 Å². The average molecular weight is 383 g/mol. The van der Waals surface area contributed by atoms with Crippen molar-refractivity contribution in [1.29, 1.82) is 0 Å². The Balaban J connectivity index is 2.12. The van der Waals surface area contributed by atoms with Crippen LogP contribution in [0.3, 0.4) is 0 Å². The summed E-state index contributed by atoms with van der Waals surface area (Å²) in [7, 11) is -3.39. The van der Waals surface area contributed by atoms with Crippen molar-refractivity contribution in [3.63, 3.8) is 0 Å². The third-order valence-electron chi connectivity index (χ3n) is 4.02. The first kappa shape index (κ1) is 18.4. The standard InChI is InChI=1S/C17H16F3N3O2S/c1-11-3-4-12(9-21-11)16-22-15(17(18,19)20)10-23(16)13-5-7-14(8-6-13)26(2,24)25/h5-10H,3-4H2,1-2H3. The van der Waals surface area contributed by atoms with E-state index in [1.54, 1.807) is 0 Å². The van der Waals surface area contributed by atoms with E-state index in [0.717, 1.165) is 18.2 Å². The molecule has 9 heteroatoms. The van der Waals surface area contributed by atoms with E-state index in [4.69, 9.17) is 0 Å². The fraction of sp³-hybridized carbons (Fsp3) is 0.294. The summed E-state index contributed by atoms with van der Waals surface area (Å²) in [6.45, 7) is 1.85. The smallest absolute Gasteiger partial charge is 0.299 e. The number of rotatable bonds is 3. The Bertz CT molecular complexity index is 1000. The zero-order valence-electron chi connectivity index (χ0n) is 14.1. The molecule has 5 nitrogen and oxygen atoms in total. The van der Waals surface area contributed by atoms with Gasteiger partial charge in [0.25, 0.3) is 0 Å². The lowest BCUT2D eigenvalue weighted by Gasteiger charge is -2.13. The zero-order chi connectivity index (χ0) is 19.1. The molecule has 3 rings (SSSR count). The predicted octanol–water partition coefficient (Wildman–Crippen LogP) is 3.89. The van der Waals surface area contributed by atoms with E-state index in [2.05, 4.69) is 9.98 Å². The van der Waals surface area contributed by atoms with E-state index in [-0.39, 0.29) is 10.7 Å². The van der Waals surface area contributed by atoms with Crippen LogP contribution in [0.5, 0.6) is 0 Å². The van der Waals surface area contributed by atoms with Gasteiger partial charge >= 0.3 is 6.18 Å². The second-order valence-electron chi connectivity index (χ2n) is 6.10. The summed E-state index contributed by atoms with van der Waals surface area (Å²) in [6.07, 6.45) is 0.109. The van der Waals surface area contributed by atoms with E-state index in [0.29, 0.717) is 24.1 Å². The molecule has 1 aromatic heterocycles. The monoisotopic (exact) mass is 383 g/mol. The first-order valence-electron chi connectivity index (χ1n) is 7.75. The fourth-order valence-corrected chi connectivity index (χ4v) is 3.23. The van der Waals surface area contributed by atoms with Gasteiger partial charge in [0.1, 0.15) is 5.82 Å². The molecule has 0 aliphatic carbocycles. The third kappa shape index (κ3) is 3.72. The lowest BCUT2D eigenvalue weighted by atomic mass is 10.1. The van der Waals surface area contributed by atoms with Gasteiger partial charge in [-0.05, 0) is 44.0 Å². The van der Waals surface area contributed by atoms with Gasteiger partial charge in [-0.2, -0.15) is 13.2 Å². The van der Waals surface area contributed by atoms with E-state index < -0.39 is 21.7 Å². The number of nitrogens with zero attached hydrogens (tertiary/aromatic N) is 3. The molecule has 0 bridgehead atoms. The number of aliphatic imine (C=N–C) groups is 1. The highest BCUT2D eigenvalue weighted by Gasteiger charge is 2.35. The van der Waals surface area contributed by atoms with E-state index in [1.807, 2.05) is 6.92 Å². The van der Waals surface area contributed by atoms with Crippen molar-refractivity contribution < 1.29 is 21.6 Å². The van der Waals surface area contributed by atoms with Crippen LogP contribution in [0.4, 0.5) is 13.2 Å². The van der Waals surface area contributed by atoms with Crippen LogP contribution in [0.25, 0.3) is 11.3 Å². The second-order valence-corrected chi connectivity index (χ2v) is 8.12. The molecule has 0 radical (unpaired) electrons. The topological polar surface area (TPSA) is 64.3 Å². The molecule has 0 atom stereocenters. The van der Waals surface area contributed by atoms with Crippen LogP contribution in [0.2, 0.25) is 0 Å². The number of allylic oxidation sites excluding steroid dienone is 1. The van der Waals surface area contributed by atoms with Crippen molar-refractivity contribution in [2.45, 2.75) is 30.8 Å². The Hall–Kier alpha value is -2.42. The Morgan fingerprint density at radius 1 is 1.12 bits per heavy atom. The molecule has 0 fully saturated rings. The first-order chi connectivity index (χ1) is 12.1. The van der Waals surface area contributed by atoms with Crippen molar-refractivity contribution in [3.8, 4) is 5.69 Å². The normalized spacial score (nSPS) is 15.6. The summed E-state index contributed by atoms with van der Waals surface area (Å²) in [4.78, 5) is 8.03. The third-order valence-corrected chi connectivity index (χ3v) is 5.15. The van der Waals surface area contributed by atoms with Gasteiger partial charge in [0.15, 0.2) is 15.5 Å². The number of aromatic nitrogens is 2. The largest absolute Gasteiger partial charge is 0.434 e. The molecule has 138 valence electrons. The summed E-state index contributed by atoms with van der Waals surface area (Å²) in [6, 6.07) is 5.64. The molecule has 0 unspecified atom stereocenters. The fourth-order valence-electron chi connectivity index (χ4n) is 2.60. The minimum absolute atomic E-state index is 0.0936. The second kappa shape index (κ2) is 6.39. The quantitative estimate of drug-likeness (QED) is 0.808. The number of sulfone groups is 1. The number of halogens is 3. The maximum atomic E-state index is 13.1. The van der Waals surface area contributed by atoms with Crippen LogP contribution in [0.1, 0.15) is 31.3 Å². The van der Waals surface area contributed by atoms with Gasteiger partial charge in [-0.25, -0.2) is 13.4 Å². The highest BCUT2D eigenvalue weighted by Crippen LogP contribution is 2.33. The maximum absolute atomic E-state index is 13.1. The summed E-state index contributed by atoms with van der Waals surface area (Å²) >= 11 is 0. The van der Waals surface area contributed by atoms with Crippen molar-refractivity contribution >= 4 is 21.1 Å². The Labute approximate surface area is 148 Å². The number of hydrogen-bond donors (Lipinski definition) is 0. The zero-order valence-corrected chi connectivity index (χ0v) is 14.9. The number of alkyl halides is 3.